The third-order valence-electron chi connectivity index (χ3n) is 4.47. The van der Waals surface area contributed by atoms with Gasteiger partial charge in [-0.1, -0.05) is 48.5 Å². The molecule has 0 spiro atoms. The van der Waals surface area contributed by atoms with Gasteiger partial charge in [0.15, 0.2) is 9.84 Å². The quantitative estimate of drug-likeness (QED) is 0.811. The van der Waals surface area contributed by atoms with Crippen LogP contribution in [0.3, 0.4) is 0 Å². The molecule has 0 aliphatic heterocycles. The van der Waals surface area contributed by atoms with Gasteiger partial charge in [0.1, 0.15) is 0 Å². The Hall–Kier alpha value is -1.65. The highest BCUT2D eigenvalue weighted by Gasteiger charge is 2.17. The lowest BCUT2D eigenvalue weighted by molar-refractivity contribution is 0.0786. The zero-order valence-corrected chi connectivity index (χ0v) is 16.3. The van der Waals surface area contributed by atoms with E-state index in [1.807, 2.05) is 36.4 Å². The molecular formula is C21H28O3S. The van der Waals surface area contributed by atoms with Gasteiger partial charge < -0.3 is 5.11 Å². The first-order valence-corrected chi connectivity index (χ1v) is 10.4. The largest absolute Gasteiger partial charge is 0.386 e. The van der Waals surface area contributed by atoms with Gasteiger partial charge in [0.05, 0.1) is 16.6 Å². The Labute approximate surface area is 151 Å². The molecule has 2 aromatic rings. The zero-order valence-electron chi connectivity index (χ0n) is 15.5. The number of aryl methyl sites for hydroxylation is 2. The summed E-state index contributed by atoms with van der Waals surface area (Å²) in [5, 5.41) is 9.64. The maximum Gasteiger partial charge on any atom is 0.156 e. The summed E-state index contributed by atoms with van der Waals surface area (Å²) >= 11 is 0. The van der Waals surface area contributed by atoms with Gasteiger partial charge in [-0.05, 0) is 62.8 Å². The van der Waals surface area contributed by atoms with Crippen molar-refractivity contribution >= 4 is 9.84 Å². The number of hydrogen-bond donors (Lipinski definition) is 1. The zero-order chi connectivity index (χ0) is 18.7. The van der Waals surface area contributed by atoms with Crippen LogP contribution in [0.2, 0.25) is 0 Å². The van der Waals surface area contributed by atoms with Crippen molar-refractivity contribution in [1.29, 1.82) is 0 Å². The van der Waals surface area contributed by atoms with E-state index in [1.54, 1.807) is 27.7 Å². The fraction of sp³-hybridized carbons (Fsp3) is 0.429. The van der Waals surface area contributed by atoms with E-state index in [0.717, 1.165) is 24.0 Å². The Balaban J connectivity index is 1.96. The van der Waals surface area contributed by atoms with E-state index < -0.39 is 15.4 Å². The van der Waals surface area contributed by atoms with Crippen LogP contribution in [0.1, 0.15) is 49.9 Å². The molecule has 0 saturated heterocycles. The van der Waals surface area contributed by atoms with Gasteiger partial charge >= 0.3 is 0 Å². The highest BCUT2D eigenvalue weighted by molar-refractivity contribution is 7.91. The summed E-state index contributed by atoms with van der Waals surface area (Å²) in [7, 11) is -3.06. The monoisotopic (exact) mass is 360 g/mol. The Bertz CT molecular complexity index is 781. The number of sulfone groups is 1. The van der Waals surface area contributed by atoms with Crippen LogP contribution in [0.4, 0.5) is 0 Å². The Kier molecular flexibility index (Phi) is 6.07. The molecule has 1 N–H and O–H groups in total. The Morgan fingerprint density at radius 1 is 0.840 bits per heavy atom. The molecule has 136 valence electrons. The first-order valence-electron chi connectivity index (χ1n) is 8.69. The van der Waals surface area contributed by atoms with Crippen molar-refractivity contribution in [2.75, 3.05) is 0 Å². The predicted molar refractivity (Wildman–Crippen MR) is 103 cm³/mol. The van der Waals surface area contributed by atoms with E-state index in [2.05, 4.69) is 12.1 Å². The van der Waals surface area contributed by atoms with E-state index in [-0.39, 0.29) is 11.0 Å². The van der Waals surface area contributed by atoms with Crippen LogP contribution < -0.4 is 0 Å². The first kappa shape index (κ1) is 19.7. The maximum atomic E-state index is 12.0. The van der Waals surface area contributed by atoms with Crippen molar-refractivity contribution in [3.8, 4) is 0 Å². The van der Waals surface area contributed by atoms with Crippen LogP contribution in [-0.4, -0.2) is 18.8 Å². The van der Waals surface area contributed by atoms with Gasteiger partial charge in [-0.3, -0.25) is 0 Å². The summed E-state index contributed by atoms with van der Waals surface area (Å²) < 4.78 is 24.0. The molecule has 0 aromatic heterocycles. The molecule has 2 aromatic carbocycles. The lowest BCUT2D eigenvalue weighted by atomic mass is 9.96. The minimum absolute atomic E-state index is 0.101. The third-order valence-corrected chi connectivity index (χ3v) is 6.64. The Morgan fingerprint density at radius 2 is 1.24 bits per heavy atom. The molecule has 0 saturated carbocycles. The van der Waals surface area contributed by atoms with E-state index in [4.69, 9.17) is 0 Å². The summed E-state index contributed by atoms with van der Waals surface area (Å²) in [6.45, 7) is 6.99. The fourth-order valence-electron chi connectivity index (χ4n) is 2.57. The molecule has 4 heteroatoms. The fourth-order valence-corrected chi connectivity index (χ4v) is 3.56. The average Bonchev–Trinajstić information content (AvgIpc) is 2.53. The molecule has 0 aliphatic rings. The van der Waals surface area contributed by atoms with Crippen LogP contribution in [0.25, 0.3) is 0 Å². The molecule has 0 aliphatic carbocycles. The van der Waals surface area contributed by atoms with Gasteiger partial charge in [0.2, 0.25) is 0 Å². The smallest absolute Gasteiger partial charge is 0.156 e. The predicted octanol–water partition coefficient (Wildman–Crippen LogP) is 4.02. The number of aliphatic hydroxyl groups is 1. The SMILES string of the molecule is CC(C)S(=O)(=O)Cc1ccc(CCc2ccc(C(C)(C)O)cc2)cc1. The van der Waals surface area contributed by atoms with E-state index >= 15 is 0 Å². The molecule has 0 bridgehead atoms. The van der Waals surface area contributed by atoms with E-state index in [0.29, 0.717) is 0 Å². The van der Waals surface area contributed by atoms with E-state index in [1.165, 1.54) is 11.1 Å². The summed E-state index contributed by atoms with van der Waals surface area (Å²) in [5.41, 5.74) is 3.35. The van der Waals surface area contributed by atoms with Crippen molar-refractivity contribution in [3.63, 3.8) is 0 Å². The summed E-state index contributed by atoms with van der Waals surface area (Å²) in [5.74, 6) is 0.101. The van der Waals surface area contributed by atoms with Crippen molar-refractivity contribution in [3.05, 3.63) is 70.8 Å². The molecule has 0 heterocycles. The first-order chi connectivity index (χ1) is 11.6. The number of benzene rings is 2. The normalized spacial score (nSPS) is 12.6. The average molecular weight is 361 g/mol. The third kappa shape index (κ3) is 5.68. The van der Waals surface area contributed by atoms with Crippen LogP contribution in [-0.2, 0) is 34.0 Å². The summed E-state index contributed by atoms with van der Waals surface area (Å²) in [4.78, 5) is 0. The van der Waals surface area contributed by atoms with Gasteiger partial charge in [0, 0.05) is 0 Å². The van der Waals surface area contributed by atoms with Crippen molar-refractivity contribution in [2.45, 2.75) is 57.1 Å². The lowest BCUT2D eigenvalue weighted by Gasteiger charge is -2.17. The molecule has 0 amide bonds. The number of hydrogen-bond acceptors (Lipinski definition) is 3. The van der Waals surface area contributed by atoms with Crippen LogP contribution in [0, 0.1) is 0 Å². The molecular weight excluding hydrogens is 332 g/mol. The molecule has 25 heavy (non-hydrogen) atoms. The summed E-state index contributed by atoms with van der Waals surface area (Å²) in [6.07, 6.45) is 1.81. The molecule has 0 fully saturated rings. The van der Waals surface area contributed by atoms with Crippen molar-refractivity contribution in [1.82, 2.24) is 0 Å². The molecule has 0 atom stereocenters. The maximum absolute atomic E-state index is 12.0. The highest BCUT2D eigenvalue weighted by Crippen LogP contribution is 2.20. The lowest BCUT2D eigenvalue weighted by Crippen LogP contribution is -2.16. The Morgan fingerprint density at radius 3 is 1.64 bits per heavy atom. The van der Waals surface area contributed by atoms with Gasteiger partial charge in [-0.25, -0.2) is 8.42 Å². The van der Waals surface area contributed by atoms with Crippen molar-refractivity contribution < 1.29 is 13.5 Å². The molecule has 0 radical (unpaired) electrons. The topological polar surface area (TPSA) is 54.4 Å². The van der Waals surface area contributed by atoms with Crippen LogP contribution >= 0.6 is 0 Å². The van der Waals surface area contributed by atoms with Gasteiger partial charge in [-0.2, -0.15) is 0 Å². The van der Waals surface area contributed by atoms with E-state index in [9.17, 15) is 13.5 Å². The molecule has 2 rings (SSSR count). The standard InChI is InChI=1S/C21H28O3S/c1-16(2)25(23,24)15-19-9-7-17(8-10-19)5-6-18-11-13-20(14-12-18)21(3,4)22/h7-14,16,22H,5-6,15H2,1-4H3. The second-order valence-corrected chi connectivity index (χ2v) is 9.99. The van der Waals surface area contributed by atoms with Gasteiger partial charge in [0.25, 0.3) is 0 Å². The minimum atomic E-state index is -3.06. The van der Waals surface area contributed by atoms with Crippen LogP contribution in [0.5, 0.6) is 0 Å². The molecule has 0 unspecified atom stereocenters. The summed E-state index contributed by atoms with van der Waals surface area (Å²) in [6, 6.07) is 15.9. The second kappa shape index (κ2) is 7.71. The van der Waals surface area contributed by atoms with Crippen molar-refractivity contribution in [2.24, 2.45) is 0 Å². The minimum Gasteiger partial charge on any atom is -0.386 e. The highest BCUT2D eigenvalue weighted by atomic mass is 32.2. The second-order valence-electron chi connectivity index (χ2n) is 7.43. The van der Waals surface area contributed by atoms with Gasteiger partial charge in [-0.15, -0.1) is 0 Å². The van der Waals surface area contributed by atoms with Crippen LogP contribution in [0.15, 0.2) is 48.5 Å². The molecule has 3 nitrogen and oxygen atoms in total. The number of rotatable bonds is 7.